The molecule has 0 radical (unpaired) electrons. The van der Waals surface area contributed by atoms with E-state index in [0.29, 0.717) is 38.7 Å². The summed E-state index contributed by atoms with van der Waals surface area (Å²) in [4.78, 5) is 40.9. The second-order valence-corrected chi connectivity index (χ2v) is 7.78. The van der Waals surface area contributed by atoms with Gasteiger partial charge in [-0.15, -0.1) is 0 Å². The maximum Gasteiger partial charge on any atom is 0.255 e. The smallest absolute Gasteiger partial charge is 0.255 e. The van der Waals surface area contributed by atoms with E-state index in [1.165, 1.54) is 0 Å². The van der Waals surface area contributed by atoms with Crippen LogP contribution in [0.15, 0.2) is 42.7 Å². The van der Waals surface area contributed by atoms with Crippen LogP contribution < -0.4 is 4.90 Å². The summed E-state index contributed by atoms with van der Waals surface area (Å²) in [5, 5.41) is 0. The van der Waals surface area contributed by atoms with Crippen molar-refractivity contribution in [1.82, 2.24) is 19.8 Å². The number of nitrogens with zero attached hydrogens (tertiary/aromatic N) is 5. The number of carbonyl (C=O) groups is 2. The molecule has 2 amide bonds. The van der Waals surface area contributed by atoms with E-state index >= 15 is 0 Å². The van der Waals surface area contributed by atoms with Crippen LogP contribution in [0.3, 0.4) is 0 Å². The quantitative estimate of drug-likeness (QED) is 0.779. The van der Waals surface area contributed by atoms with Crippen LogP contribution in [0, 0.1) is 5.92 Å². The Morgan fingerprint density at radius 2 is 1.76 bits per heavy atom. The summed E-state index contributed by atoms with van der Waals surface area (Å²) in [7, 11) is 0. The Morgan fingerprint density at radius 3 is 2.41 bits per heavy atom. The van der Waals surface area contributed by atoms with Crippen molar-refractivity contribution in [3.8, 4) is 0 Å². The molecule has 2 aliphatic heterocycles. The standard InChI is InChI=1S/C22H27N5O2/c1-3-16(2)19(27-15-17-7-4-5-8-18(17)20(27)28)21(29)25-11-13-26(14-12-25)22-23-9-6-10-24-22/h4-10,16,19H,3,11-15H2,1-2H3/t16-,19+/m0/s1. The maximum absolute atomic E-state index is 13.5. The van der Waals surface area contributed by atoms with Crippen molar-refractivity contribution >= 4 is 17.8 Å². The van der Waals surface area contributed by atoms with Gasteiger partial charge in [0.15, 0.2) is 0 Å². The molecule has 1 fully saturated rings. The molecule has 7 heteroatoms. The minimum absolute atomic E-state index is 0.0319. The van der Waals surface area contributed by atoms with Crippen LogP contribution in [0.2, 0.25) is 0 Å². The molecular formula is C22H27N5O2. The summed E-state index contributed by atoms with van der Waals surface area (Å²) in [5.74, 6) is 0.809. The molecule has 1 aromatic carbocycles. The Morgan fingerprint density at radius 1 is 1.07 bits per heavy atom. The number of anilines is 1. The molecule has 29 heavy (non-hydrogen) atoms. The van der Waals surface area contributed by atoms with Crippen LogP contribution in [0.5, 0.6) is 0 Å². The number of amides is 2. The van der Waals surface area contributed by atoms with E-state index < -0.39 is 6.04 Å². The lowest BCUT2D eigenvalue weighted by Gasteiger charge is -2.39. The van der Waals surface area contributed by atoms with Gasteiger partial charge in [-0.05, 0) is 23.6 Å². The van der Waals surface area contributed by atoms with E-state index in [2.05, 4.69) is 28.7 Å². The van der Waals surface area contributed by atoms with E-state index in [1.807, 2.05) is 29.2 Å². The van der Waals surface area contributed by atoms with Crippen molar-refractivity contribution in [2.45, 2.75) is 32.9 Å². The zero-order valence-corrected chi connectivity index (χ0v) is 17.0. The zero-order chi connectivity index (χ0) is 20.4. The van der Waals surface area contributed by atoms with Gasteiger partial charge in [0.25, 0.3) is 5.91 Å². The van der Waals surface area contributed by atoms with Gasteiger partial charge in [0.05, 0.1) is 0 Å². The number of carbonyl (C=O) groups excluding carboxylic acids is 2. The van der Waals surface area contributed by atoms with Crippen molar-refractivity contribution < 1.29 is 9.59 Å². The van der Waals surface area contributed by atoms with Gasteiger partial charge in [0, 0.05) is 50.7 Å². The third kappa shape index (κ3) is 3.69. The molecular weight excluding hydrogens is 366 g/mol. The predicted octanol–water partition coefficient (Wildman–Crippen LogP) is 2.20. The summed E-state index contributed by atoms with van der Waals surface area (Å²) in [5.41, 5.74) is 1.73. The van der Waals surface area contributed by atoms with Crippen LogP contribution in [-0.4, -0.2) is 63.8 Å². The fourth-order valence-electron chi connectivity index (χ4n) is 4.18. The van der Waals surface area contributed by atoms with Crippen molar-refractivity contribution in [2.75, 3.05) is 31.1 Å². The first-order valence-corrected chi connectivity index (χ1v) is 10.3. The maximum atomic E-state index is 13.5. The summed E-state index contributed by atoms with van der Waals surface area (Å²) < 4.78 is 0. The summed E-state index contributed by atoms with van der Waals surface area (Å²) in [6.07, 6.45) is 4.30. The normalized spacial score (nSPS) is 18.6. The topological polar surface area (TPSA) is 69.6 Å². The predicted molar refractivity (Wildman–Crippen MR) is 110 cm³/mol. The molecule has 7 nitrogen and oxygen atoms in total. The van der Waals surface area contributed by atoms with Gasteiger partial charge in [-0.3, -0.25) is 9.59 Å². The monoisotopic (exact) mass is 393 g/mol. The molecule has 0 aliphatic carbocycles. The fourth-order valence-corrected chi connectivity index (χ4v) is 4.18. The molecule has 152 valence electrons. The summed E-state index contributed by atoms with van der Waals surface area (Å²) in [6, 6.07) is 9.02. The van der Waals surface area contributed by atoms with Gasteiger partial charge in [-0.1, -0.05) is 38.5 Å². The van der Waals surface area contributed by atoms with Crippen LogP contribution in [0.25, 0.3) is 0 Å². The fraction of sp³-hybridized carbons (Fsp3) is 0.455. The Hall–Kier alpha value is -2.96. The number of rotatable bonds is 5. The van der Waals surface area contributed by atoms with Gasteiger partial charge in [0.1, 0.15) is 6.04 Å². The van der Waals surface area contributed by atoms with E-state index in [0.717, 1.165) is 17.5 Å². The van der Waals surface area contributed by atoms with Crippen LogP contribution in [0.4, 0.5) is 5.95 Å². The first-order chi connectivity index (χ1) is 14.1. The van der Waals surface area contributed by atoms with Gasteiger partial charge in [-0.25, -0.2) is 9.97 Å². The Labute approximate surface area is 171 Å². The highest BCUT2D eigenvalue weighted by Crippen LogP contribution is 2.29. The van der Waals surface area contributed by atoms with Crippen molar-refractivity contribution in [1.29, 1.82) is 0 Å². The van der Waals surface area contributed by atoms with Gasteiger partial charge < -0.3 is 14.7 Å². The van der Waals surface area contributed by atoms with Gasteiger partial charge in [-0.2, -0.15) is 0 Å². The molecule has 0 unspecified atom stereocenters. The van der Waals surface area contributed by atoms with E-state index in [1.54, 1.807) is 23.4 Å². The highest BCUT2D eigenvalue weighted by atomic mass is 16.2. The number of piperazine rings is 1. The first-order valence-electron chi connectivity index (χ1n) is 10.3. The third-order valence-electron chi connectivity index (χ3n) is 6.05. The van der Waals surface area contributed by atoms with Crippen molar-refractivity contribution in [2.24, 2.45) is 5.92 Å². The van der Waals surface area contributed by atoms with Gasteiger partial charge >= 0.3 is 0 Å². The second kappa shape index (κ2) is 8.19. The average molecular weight is 393 g/mol. The first kappa shape index (κ1) is 19.4. The third-order valence-corrected chi connectivity index (χ3v) is 6.05. The molecule has 0 N–H and O–H groups in total. The minimum atomic E-state index is -0.431. The Bertz CT molecular complexity index is 880. The molecule has 2 atom stereocenters. The minimum Gasteiger partial charge on any atom is -0.337 e. The SMILES string of the molecule is CC[C@H](C)[C@H](C(=O)N1CCN(c2ncccn2)CC1)N1Cc2ccccc2C1=O. The largest absolute Gasteiger partial charge is 0.337 e. The molecule has 0 spiro atoms. The summed E-state index contributed by atoms with van der Waals surface area (Å²) in [6.45, 7) is 7.25. The lowest BCUT2D eigenvalue weighted by Crippen LogP contribution is -2.57. The molecule has 1 saturated heterocycles. The molecule has 2 aromatic rings. The molecule has 3 heterocycles. The van der Waals surface area contributed by atoms with Crippen molar-refractivity contribution in [3.63, 3.8) is 0 Å². The number of aromatic nitrogens is 2. The van der Waals surface area contributed by atoms with Crippen LogP contribution >= 0.6 is 0 Å². The number of benzene rings is 1. The highest BCUT2D eigenvalue weighted by molar-refractivity contribution is 6.01. The average Bonchev–Trinajstić information content (AvgIpc) is 3.10. The van der Waals surface area contributed by atoms with E-state index in [4.69, 9.17) is 0 Å². The zero-order valence-electron chi connectivity index (χ0n) is 17.0. The molecule has 0 saturated carbocycles. The molecule has 1 aromatic heterocycles. The van der Waals surface area contributed by atoms with E-state index in [-0.39, 0.29) is 17.7 Å². The lowest BCUT2D eigenvalue weighted by molar-refractivity contribution is -0.138. The number of hydrogen-bond donors (Lipinski definition) is 0. The number of hydrogen-bond acceptors (Lipinski definition) is 5. The highest BCUT2D eigenvalue weighted by Gasteiger charge is 2.41. The Kier molecular flexibility index (Phi) is 5.47. The van der Waals surface area contributed by atoms with Crippen LogP contribution in [0.1, 0.15) is 36.2 Å². The molecule has 0 bridgehead atoms. The number of fused-ring (bicyclic) bond motifs is 1. The van der Waals surface area contributed by atoms with Crippen LogP contribution in [-0.2, 0) is 11.3 Å². The van der Waals surface area contributed by atoms with Gasteiger partial charge in [0.2, 0.25) is 11.9 Å². The second-order valence-electron chi connectivity index (χ2n) is 7.78. The lowest BCUT2D eigenvalue weighted by atomic mass is 9.96. The molecule has 2 aliphatic rings. The van der Waals surface area contributed by atoms with Crippen molar-refractivity contribution in [3.05, 3.63) is 53.9 Å². The summed E-state index contributed by atoms with van der Waals surface area (Å²) >= 11 is 0. The van der Waals surface area contributed by atoms with E-state index in [9.17, 15) is 9.59 Å². The Balaban J connectivity index is 1.49. The molecule has 4 rings (SSSR count).